The molecule has 1 aromatic heterocycles. The molecule has 0 aliphatic heterocycles. The Hall–Kier alpha value is -2.28. The highest BCUT2D eigenvalue weighted by Crippen LogP contribution is 2.20. The number of para-hydroxylation sites is 1. The Bertz CT molecular complexity index is 697. The van der Waals surface area contributed by atoms with E-state index in [4.69, 9.17) is 21.5 Å². The minimum absolute atomic E-state index is 0. The molecule has 0 saturated heterocycles. The lowest BCUT2D eigenvalue weighted by atomic mass is 10.2. The number of amides is 1. The van der Waals surface area contributed by atoms with Crippen molar-refractivity contribution in [3.05, 3.63) is 59.3 Å². The SMILES string of the molecule is Cl.O=C(/C=C/c1cnc(NCCCOc2ccccc2)c(Cl)c1)NO. The second-order valence-electron chi connectivity index (χ2n) is 4.85. The van der Waals surface area contributed by atoms with Gasteiger partial charge in [0.05, 0.1) is 11.6 Å². The van der Waals surface area contributed by atoms with Crippen molar-refractivity contribution in [1.29, 1.82) is 0 Å². The Morgan fingerprint density at radius 1 is 1.32 bits per heavy atom. The molecule has 0 bridgehead atoms. The number of pyridine rings is 1. The van der Waals surface area contributed by atoms with Crippen LogP contribution in [-0.4, -0.2) is 29.3 Å². The highest BCUT2D eigenvalue weighted by atomic mass is 35.5. The van der Waals surface area contributed by atoms with E-state index < -0.39 is 5.91 Å². The molecule has 1 aromatic carbocycles. The third-order valence-electron chi connectivity index (χ3n) is 3.03. The van der Waals surface area contributed by atoms with Gasteiger partial charge in [0, 0.05) is 18.8 Å². The van der Waals surface area contributed by atoms with Crippen molar-refractivity contribution >= 4 is 41.8 Å². The first-order chi connectivity index (χ1) is 11.7. The van der Waals surface area contributed by atoms with Gasteiger partial charge in [-0.2, -0.15) is 0 Å². The molecule has 1 heterocycles. The molecule has 1 amide bonds. The maximum absolute atomic E-state index is 10.9. The Balaban J connectivity index is 0.00000312. The van der Waals surface area contributed by atoms with Crippen LogP contribution in [0.5, 0.6) is 5.75 Å². The van der Waals surface area contributed by atoms with Gasteiger partial charge in [-0.05, 0) is 36.3 Å². The van der Waals surface area contributed by atoms with E-state index in [2.05, 4.69) is 10.3 Å². The molecule has 0 atom stereocenters. The maximum atomic E-state index is 10.9. The van der Waals surface area contributed by atoms with E-state index in [1.165, 1.54) is 17.6 Å². The van der Waals surface area contributed by atoms with Crippen molar-refractivity contribution in [3.63, 3.8) is 0 Å². The van der Waals surface area contributed by atoms with Crippen LogP contribution < -0.4 is 15.5 Å². The lowest BCUT2D eigenvalue weighted by Crippen LogP contribution is -2.14. The van der Waals surface area contributed by atoms with Gasteiger partial charge < -0.3 is 10.1 Å². The molecular weight excluding hydrogens is 365 g/mol. The summed E-state index contributed by atoms with van der Waals surface area (Å²) >= 11 is 6.15. The summed E-state index contributed by atoms with van der Waals surface area (Å²) in [7, 11) is 0. The van der Waals surface area contributed by atoms with Crippen molar-refractivity contribution < 1.29 is 14.7 Å². The topological polar surface area (TPSA) is 83.5 Å². The molecule has 0 unspecified atom stereocenters. The first-order valence-electron chi connectivity index (χ1n) is 7.38. The number of rotatable bonds is 8. The van der Waals surface area contributed by atoms with E-state index in [1.807, 2.05) is 30.3 Å². The first-order valence-corrected chi connectivity index (χ1v) is 7.76. The number of ether oxygens (including phenoxy) is 1. The Morgan fingerprint density at radius 3 is 2.76 bits per heavy atom. The predicted octanol–water partition coefficient (Wildman–Crippen LogP) is 3.56. The molecule has 134 valence electrons. The molecule has 25 heavy (non-hydrogen) atoms. The van der Waals surface area contributed by atoms with Crippen molar-refractivity contribution in [2.24, 2.45) is 0 Å². The molecular formula is C17H19Cl2N3O3. The largest absolute Gasteiger partial charge is 0.494 e. The summed E-state index contributed by atoms with van der Waals surface area (Å²) in [5.41, 5.74) is 2.16. The number of anilines is 1. The Morgan fingerprint density at radius 2 is 2.08 bits per heavy atom. The smallest absolute Gasteiger partial charge is 0.267 e. The highest BCUT2D eigenvalue weighted by Gasteiger charge is 2.02. The maximum Gasteiger partial charge on any atom is 0.267 e. The fourth-order valence-corrected chi connectivity index (χ4v) is 2.11. The molecule has 6 nitrogen and oxygen atoms in total. The van der Waals surface area contributed by atoms with Crippen LogP contribution in [0, 0.1) is 0 Å². The van der Waals surface area contributed by atoms with Gasteiger partial charge in [0.15, 0.2) is 0 Å². The van der Waals surface area contributed by atoms with Crippen molar-refractivity contribution in [1.82, 2.24) is 10.5 Å². The number of nitrogens with one attached hydrogen (secondary N) is 2. The van der Waals surface area contributed by atoms with Crippen LogP contribution >= 0.6 is 24.0 Å². The molecule has 0 aliphatic carbocycles. The zero-order valence-electron chi connectivity index (χ0n) is 13.3. The number of aromatic nitrogens is 1. The number of carbonyl (C=O) groups excluding carboxylic acids is 1. The second-order valence-corrected chi connectivity index (χ2v) is 5.26. The number of hydrogen-bond donors (Lipinski definition) is 3. The lowest BCUT2D eigenvalue weighted by molar-refractivity contribution is -0.124. The van der Waals surface area contributed by atoms with Crippen molar-refractivity contribution in [3.8, 4) is 5.75 Å². The second kappa shape index (κ2) is 11.3. The monoisotopic (exact) mass is 383 g/mol. The number of nitrogens with zero attached hydrogens (tertiary/aromatic N) is 1. The summed E-state index contributed by atoms with van der Waals surface area (Å²) < 4.78 is 5.60. The molecule has 0 radical (unpaired) electrons. The average Bonchev–Trinajstić information content (AvgIpc) is 2.61. The van der Waals surface area contributed by atoms with Crippen LogP contribution in [-0.2, 0) is 4.79 Å². The zero-order chi connectivity index (χ0) is 17.2. The van der Waals surface area contributed by atoms with Crippen LogP contribution in [0.2, 0.25) is 5.02 Å². The summed E-state index contributed by atoms with van der Waals surface area (Å²) in [5.74, 6) is 0.795. The fraction of sp³-hybridized carbons (Fsp3) is 0.176. The van der Waals surface area contributed by atoms with Gasteiger partial charge >= 0.3 is 0 Å². The summed E-state index contributed by atoms with van der Waals surface area (Å²) in [6.07, 6.45) is 5.06. The third kappa shape index (κ3) is 7.43. The van der Waals surface area contributed by atoms with Crippen molar-refractivity contribution in [2.75, 3.05) is 18.5 Å². The average molecular weight is 384 g/mol. The van der Waals surface area contributed by atoms with E-state index in [0.717, 1.165) is 12.2 Å². The molecule has 3 N–H and O–H groups in total. The van der Waals surface area contributed by atoms with Gasteiger partial charge in [0.1, 0.15) is 11.6 Å². The highest BCUT2D eigenvalue weighted by molar-refractivity contribution is 6.33. The molecule has 0 spiro atoms. The van der Waals surface area contributed by atoms with E-state index in [1.54, 1.807) is 12.3 Å². The third-order valence-corrected chi connectivity index (χ3v) is 3.31. The van der Waals surface area contributed by atoms with Crippen molar-refractivity contribution in [2.45, 2.75) is 6.42 Å². The molecule has 0 fully saturated rings. The normalized spacial score (nSPS) is 10.2. The van der Waals surface area contributed by atoms with Gasteiger partial charge in [-0.25, -0.2) is 10.5 Å². The number of hydrogen-bond acceptors (Lipinski definition) is 5. The Labute approximate surface area is 157 Å². The Kier molecular flexibility index (Phi) is 9.39. The summed E-state index contributed by atoms with van der Waals surface area (Å²) in [6.45, 7) is 1.26. The zero-order valence-corrected chi connectivity index (χ0v) is 14.9. The summed E-state index contributed by atoms with van der Waals surface area (Å²) in [6, 6.07) is 11.3. The van der Waals surface area contributed by atoms with Crippen LogP contribution in [0.25, 0.3) is 6.08 Å². The number of carbonyl (C=O) groups is 1. The van der Waals surface area contributed by atoms with Crippen LogP contribution in [0.4, 0.5) is 5.82 Å². The minimum atomic E-state index is -0.619. The van der Waals surface area contributed by atoms with E-state index in [-0.39, 0.29) is 12.4 Å². The number of halogens is 2. The molecule has 2 rings (SSSR count). The number of hydroxylamine groups is 1. The minimum Gasteiger partial charge on any atom is -0.494 e. The van der Waals surface area contributed by atoms with E-state index in [0.29, 0.717) is 29.6 Å². The summed E-state index contributed by atoms with van der Waals surface area (Å²) in [4.78, 5) is 15.1. The standard InChI is InChI=1S/C17H18ClN3O3.ClH/c18-15-11-13(7-8-16(22)21-23)12-20-17(15)19-9-4-10-24-14-5-2-1-3-6-14;/h1-3,5-8,11-12,23H,4,9-10H2,(H,19,20)(H,21,22);1H/b8-7+;. The molecule has 0 saturated carbocycles. The number of benzene rings is 1. The van der Waals surface area contributed by atoms with Gasteiger partial charge in [0.25, 0.3) is 5.91 Å². The molecule has 2 aromatic rings. The van der Waals surface area contributed by atoms with E-state index >= 15 is 0 Å². The van der Waals surface area contributed by atoms with Crippen LogP contribution in [0.15, 0.2) is 48.7 Å². The van der Waals surface area contributed by atoms with Gasteiger partial charge in [0.2, 0.25) is 0 Å². The van der Waals surface area contributed by atoms with Gasteiger partial charge in [-0.15, -0.1) is 12.4 Å². The lowest BCUT2D eigenvalue weighted by Gasteiger charge is -2.09. The first kappa shape index (κ1) is 20.8. The molecule has 8 heteroatoms. The summed E-state index contributed by atoms with van der Waals surface area (Å²) in [5, 5.41) is 12.0. The van der Waals surface area contributed by atoms with E-state index in [9.17, 15) is 4.79 Å². The van der Waals surface area contributed by atoms with Gasteiger partial charge in [-0.1, -0.05) is 29.8 Å². The van der Waals surface area contributed by atoms with Gasteiger partial charge in [-0.3, -0.25) is 10.0 Å². The van der Waals surface area contributed by atoms with Crippen LogP contribution in [0.1, 0.15) is 12.0 Å². The fourth-order valence-electron chi connectivity index (χ4n) is 1.87. The van der Waals surface area contributed by atoms with Crippen LogP contribution in [0.3, 0.4) is 0 Å². The molecule has 0 aliphatic rings. The quantitative estimate of drug-likeness (QED) is 0.281. The predicted molar refractivity (Wildman–Crippen MR) is 101 cm³/mol.